The Morgan fingerprint density at radius 2 is 2.28 bits per heavy atom. The number of benzene rings is 1. The van der Waals surface area contributed by atoms with Gasteiger partial charge in [-0.05, 0) is 18.7 Å². The molecule has 96 valence electrons. The van der Waals surface area contributed by atoms with Crippen LogP contribution < -0.4 is 5.32 Å². The van der Waals surface area contributed by atoms with Gasteiger partial charge in [-0.1, -0.05) is 24.6 Å². The number of rotatable bonds is 5. The minimum Gasteiger partial charge on any atom is -0.310 e. The van der Waals surface area contributed by atoms with E-state index in [1.165, 1.54) is 6.07 Å². The van der Waals surface area contributed by atoms with Crippen molar-refractivity contribution >= 4 is 11.6 Å². The second-order valence-electron chi connectivity index (χ2n) is 3.84. The van der Waals surface area contributed by atoms with Crippen LogP contribution >= 0.6 is 11.6 Å². The zero-order valence-electron chi connectivity index (χ0n) is 10.0. The van der Waals surface area contributed by atoms with Gasteiger partial charge in [0.2, 0.25) is 0 Å². The lowest BCUT2D eigenvalue weighted by molar-refractivity contribution is 0.580. The van der Waals surface area contributed by atoms with E-state index in [4.69, 9.17) is 11.6 Å². The molecule has 0 fully saturated rings. The SMILES string of the molecule is CCNCc1ncn(Cc2c(F)cccc2Cl)n1. The molecular weight excluding hydrogens is 255 g/mol. The maximum absolute atomic E-state index is 13.6. The van der Waals surface area contributed by atoms with Crippen LogP contribution in [0.15, 0.2) is 24.5 Å². The molecule has 6 heteroatoms. The Morgan fingerprint density at radius 1 is 1.44 bits per heavy atom. The van der Waals surface area contributed by atoms with Crippen molar-refractivity contribution in [2.45, 2.75) is 20.0 Å². The van der Waals surface area contributed by atoms with E-state index in [2.05, 4.69) is 15.4 Å². The van der Waals surface area contributed by atoms with E-state index in [9.17, 15) is 4.39 Å². The Balaban J connectivity index is 2.11. The summed E-state index contributed by atoms with van der Waals surface area (Å²) in [6, 6.07) is 4.63. The summed E-state index contributed by atoms with van der Waals surface area (Å²) >= 11 is 5.96. The number of halogens is 2. The molecule has 0 saturated heterocycles. The lowest BCUT2D eigenvalue weighted by Gasteiger charge is -2.05. The molecule has 0 amide bonds. The van der Waals surface area contributed by atoms with Crippen LogP contribution in [0.5, 0.6) is 0 Å². The molecule has 1 N–H and O–H groups in total. The first kappa shape index (κ1) is 13.0. The fourth-order valence-electron chi connectivity index (χ4n) is 1.57. The van der Waals surface area contributed by atoms with Crippen LogP contribution in [0.4, 0.5) is 4.39 Å². The molecule has 0 unspecified atom stereocenters. The Labute approximate surface area is 110 Å². The summed E-state index contributed by atoms with van der Waals surface area (Å²) in [5.74, 6) is 0.357. The Kier molecular flexibility index (Phi) is 4.28. The average Bonchev–Trinajstić information content (AvgIpc) is 2.79. The molecule has 0 atom stereocenters. The molecule has 0 radical (unpaired) electrons. The highest BCUT2D eigenvalue weighted by molar-refractivity contribution is 6.31. The van der Waals surface area contributed by atoms with Gasteiger partial charge in [0, 0.05) is 10.6 Å². The molecule has 0 bridgehead atoms. The summed E-state index contributed by atoms with van der Waals surface area (Å²) in [6.07, 6.45) is 1.58. The quantitative estimate of drug-likeness (QED) is 0.904. The highest BCUT2D eigenvalue weighted by Crippen LogP contribution is 2.19. The highest BCUT2D eigenvalue weighted by Gasteiger charge is 2.08. The van der Waals surface area contributed by atoms with Crippen LogP contribution in [-0.2, 0) is 13.1 Å². The second-order valence-corrected chi connectivity index (χ2v) is 4.25. The maximum Gasteiger partial charge on any atom is 0.164 e. The molecule has 0 saturated carbocycles. The van der Waals surface area contributed by atoms with Gasteiger partial charge in [0.25, 0.3) is 0 Å². The smallest absolute Gasteiger partial charge is 0.164 e. The van der Waals surface area contributed by atoms with Crippen LogP contribution in [0.2, 0.25) is 5.02 Å². The lowest BCUT2D eigenvalue weighted by Crippen LogP contribution is -2.13. The number of aromatic nitrogens is 3. The van der Waals surface area contributed by atoms with Crippen molar-refractivity contribution in [1.82, 2.24) is 20.1 Å². The van der Waals surface area contributed by atoms with E-state index in [1.54, 1.807) is 23.1 Å². The Bertz CT molecular complexity index is 506. The third-order valence-electron chi connectivity index (χ3n) is 2.50. The van der Waals surface area contributed by atoms with Crippen molar-refractivity contribution in [3.8, 4) is 0 Å². The number of hydrogen-bond donors (Lipinski definition) is 1. The number of nitrogens with zero attached hydrogens (tertiary/aromatic N) is 3. The highest BCUT2D eigenvalue weighted by atomic mass is 35.5. The molecule has 0 aliphatic heterocycles. The maximum atomic E-state index is 13.6. The third kappa shape index (κ3) is 3.05. The van der Waals surface area contributed by atoms with E-state index in [0.717, 1.165) is 6.54 Å². The van der Waals surface area contributed by atoms with Crippen LogP contribution in [-0.4, -0.2) is 21.3 Å². The fourth-order valence-corrected chi connectivity index (χ4v) is 1.80. The van der Waals surface area contributed by atoms with Gasteiger partial charge in [0.15, 0.2) is 5.82 Å². The molecule has 1 aromatic carbocycles. The summed E-state index contributed by atoms with van der Waals surface area (Å²) in [6.45, 7) is 3.75. The summed E-state index contributed by atoms with van der Waals surface area (Å²) < 4.78 is 15.2. The van der Waals surface area contributed by atoms with E-state index in [-0.39, 0.29) is 12.4 Å². The van der Waals surface area contributed by atoms with E-state index < -0.39 is 0 Å². The van der Waals surface area contributed by atoms with Gasteiger partial charge in [0.05, 0.1) is 13.1 Å². The molecule has 0 aliphatic rings. The number of hydrogen-bond acceptors (Lipinski definition) is 3. The predicted octanol–water partition coefficient (Wildman–Crippen LogP) is 2.23. The Morgan fingerprint density at radius 3 is 3.00 bits per heavy atom. The van der Waals surface area contributed by atoms with Gasteiger partial charge in [-0.15, -0.1) is 0 Å². The largest absolute Gasteiger partial charge is 0.310 e. The van der Waals surface area contributed by atoms with Gasteiger partial charge in [0.1, 0.15) is 12.1 Å². The van der Waals surface area contributed by atoms with Crippen molar-refractivity contribution in [2.24, 2.45) is 0 Å². The normalized spacial score (nSPS) is 10.8. The van der Waals surface area contributed by atoms with E-state index in [0.29, 0.717) is 23.0 Å². The molecule has 0 spiro atoms. The molecule has 1 aromatic heterocycles. The van der Waals surface area contributed by atoms with Gasteiger partial charge < -0.3 is 5.32 Å². The Hall–Kier alpha value is -1.46. The monoisotopic (exact) mass is 268 g/mol. The molecule has 4 nitrogen and oxygen atoms in total. The molecule has 1 heterocycles. The van der Waals surface area contributed by atoms with Crippen LogP contribution in [0.25, 0.3) is 0 Å². The zero-order valence-corrected chi connectivity index (χ0v) is 10.8. The first-order chi connectivity index (χ1) is 8.70. The summed E-state index contributed by atoms with van der Waals surface area (Å²) in [4.78, 5) is 4.13. The van der Waals surface area contributed by atoms with Gasteiger partial charge in [-0.25, -0.2) is 14.1 Å². The third-order valence-corrected chi connectivity index (χ3v) is 2.85. The summed E-state index contributed by atoms with van der Waals surface area (Å²) in [7, 11) is 0. The summed E-state index contributed by atoms with van der Waals surface area (Å²) in [5.41, 5.74) is 0.430. The van der Waals surface area contributed by atoms with Crippen LogP contribution in [0.3, 0.4) is 0 Å². The van der Waals surface area contributed by atoms with Crippen LogP contribution in [0.1, 0.15) is 18.3 Å². The fraction of sp³-hybridized carbons (Fsp3) is 0.333. The van der Waals surface area contributed by atoms with E-state index in [1.807, 2.05) is 6.92 Å². The van der Waals surface area contributed by atoms with Gasteiger partial charge in [-0.3, -0.25) is 0 Å². The van der Waals surface area contributed by atoms with Crippen molar-refractivity contribution in [3.63, 3.8) is 0 Å². The van der Waals surface area contributed by atoms with E-state index >= 15 is 0 Å². The van der Waals surface area contributed by atoms with Gasteiger partial charge >= 0.3 is 0 Å². The minimum absolute atomic E-state index is 0.282. The molecule has 2 rings (SSSR count). The first-order valence-corrected chi connectivity index (χ1v) is 6.10. The summed E-state index contributed by atoms with van der Waals surface area (Å²) in [5, 5.41) is 7.77. The average molecular weight is 269 g/mol. The molecular formula is C12H14ClFN4. The molecule has 0 aliphatic carbocycles. The second kappa shape index (κ2) is 5.93. The standard InChI is InChI=1S/C12H14ClFN4/c1-2-15-6-12-16-8-18(17-12)7-9-10(13)4-3-5-11(9)14/h3-5,8,15H,2,6-7H2,1H3. The van der Waals surface area contributed by atoms with Gasteiger partial charge in [-0.2, -0.15) is 5.10 Å². The molecule has 2 aromatic rings. The zero-order chi connectivity index (χ0) is 13.0. The topological polar surface area (TPSA) is 42.7 Å². The lowest BCUT2D eigenvalue weighted by atomic mass is 10.2. The van der Waals surface area contributed by atoms with Crippen molar-refractivity contribution in [1.29, 1.82) is 0 Å². The first-order valence-electron chi connectivity index (χ1n) is 5.72. The number of nitrogens with one attached hydrogen (secondary N) is 1. The molecule has 18 heavy (non-hydrogen) atoms. The van der Waals surface area contributed by atoms with Crippen molar-refractivity contribution in [2.75, 3.05) is 6.54 Å². The predicted molar refractivity (Wildman–Crippen MR) is 67.9 cm³/mol. The van der Waals surface area contributed by atoms with Crippen LogP contribution in [0, 0.1) is 5.82 Å². The minimum atomic E-state index is -0.328. The van der Waals surface area contributed by atoms with Crippen molar-refractivity contribution < 1.29 is 4.39 Å². The van der Waals surface area contributed by atoms with Crippen molar-refractivity contribution in [3.05, 3.63) is 46.8 Å².